The molecule has 0 bridgehead atoms. The van der Waals surface area contributed by atoms with Crippen molar-refractivity contribution in [3.8, 4) is 0 Å². The molecule has 4 heteroatoms. The molecule has 1 aliphatic rings. The lowest BCUT2D eigenvalue weighted by atomic mass is 10.1. The Morgan fingerprint density at radius 2 is 1.72 bits per heavy atom. The number of fused-ring (bicyclic) bond motifs is 1. The Morgan fingerprint density at radius 3 is 2.22 bits per heavy atom. The summed E-state index contributed by atoms with van der Waals surface area (Å²) >= 11 is 0. The van der Waals surface area contributed by atoms with Gasteiger partial charge in [-0.05, 0) is 25.5 Å². The maximum absolute atomic E-state index is 12.1. The van der Waals surface area contributed by atoms with Crippen LogP contribution < -0.4 is 0 Å². The van der Waals surface area contributed by atoms with Crippen molar-refractivity contribution < 1.29 is 14.3 Å². The van der Waals surface area contributed by atoms with E-state index in [4.69, 9.17) is 4.74 Å². The van der Waals surface area contributed by atoms with E-state index in [0.29, 0.717) is 24.3 Å². The lowest BCUT2D eigenvalue weighted by Crippen LogP contribution is -2.36. The summed E-state index contributed by atoms with van der Waals surface area (Å²) in [6.45, 7) is 4.85. The standard InChI is InChI=1S/C14H17NO3/c1-3-8-18-10(2)9-15-13(16)11-6-4-5-7-12(11)14(15)17/h4-7,10H,3,8-9H2,1-2H3/t10-/m0/s1. The van der Waals surface area contributed by atoms with E-state index >= 15 is 0 Å². The number of carbonyl (C=O) groups excluding carboxylic acids is 2. The Balaban J connectivity index is 2.09. The molecule has 2 amide bonds. The van der Waals surface area contributed by atoms with Crippen molar-refractivity contribution in [2.24, 2.45) is 0 Å². The van der Waals surface area contributed by atoms with Crippen molar-refractivity contribution in [1.29, 1.82) is 0 Å². The highest BCUT2D eigenvalue weighted by Crippen LogP contribution is 2.22. The number of imide groups is 1. The third kappa shape index (κ3) is 2.29. The summed E-state index contributed by atoms with van der Waals surface area (Å²) < 4.78 is 5.50. The van der Waals surface area contributed by atoms with Gasteiger partial charge in [0.2, 0.25) is 0 Å². The zero-order chi connectivity index (χ0) is 13.1. The van der Waals surface area contributed by atoms with Crippen molar-refractivity contribution in [2.45, 2.75) is 26.4 Å². The molecule has 0 radical (unpaired) electrons. The predicted octanol–water partition coefficient (Wildman–Crippen LogP) is 2.10. The van der Waals surface area contributed by atoms with E-state index in [1.807, 2.05) is 13.8 Å². The van der Waals surface area contributed by atoms with Crippen LogP contribution in [0.3, 0.4) is 0 Å². The molecule has 1 heterocycles. The van der Waals surface area contributed by atoms with Crippen LogP contribution in [0.1, 0.15) is 41.0 Å². The first kappa shape index (κ1) is 12.8. The van der Waals surface area contributed by atoms with Crippen LogP contribution in [-0.2, 0) is 4.74 Å². The summed E-state index contributed by atoms with van der Waals surface area (Å²) in [4.78, 5) is 25.4. The normalized spacial score (nSPS) is 16.0. The van der Waals surface area contributed by atoms with Gasteiger partial charge in [0.1, 0.15) is 0 Å². The van der Waals surface area contributed by atoms with E-state index in [-0.39, 0.29) is 17.9 Å². The van der Waals surface area contributed by atoms with Gasteiger partial charge < -0.3 is 4.74 Å². The molecule has 0 aromatic heterocycles. The van der Waals surface area contributed by atoms with Crippen LogP contribution in [0.4, 0.5) is 0 Å². The number of carbonyl (C=O) groups is 2. The molecule has 0 spiro atoms. The highest BCUT2D eigenvalue weighted by atomic mass is 16.5. The molecular weight excluding hydrogens is 230 g/mol. The lowest BCUT2D eigenvalue weighted by Gasteiger charge is -2.19. The minimum Gasteiger partial charge on any atom is -0.377 e. The summed E-state index contributed by atoms with van der Waals surface area (Å²) in [5, 5.41) is 0. The van der Waals surface area contributed by atoms with Gasteiger partial charge >= 0.3 is 0 Å². The first-order valence-corrected chi connectivity index (χ1v) is 6.22. The Hall–Kier alpha value is -1.68. The summed E-state index contributed by atoms with van der Waals surface area (Å²) in [6.07, 6.45) is 0.791. The number of hydrogen-bond acceptors (Lipinski definition) is 3. The fourth-order valence-electron chi connectivity index (χ4n) is 2.03. The van der Waals surface area contributed by atoms with Crippen LogP contribution in [0, 0.1) is 0 Å². The molecule has 0 aliphatic carbocycles. The zero-order valence-electron chi connectivity index (χ0n) is 10.7. The molecular formula is C14H17NO3. The van der Waals surface area contributed by atoms with E-state index in [1.54, 1.807) is 24.3 Å². The number of hydrogen-bond donors (Lipinski definition) is 0. The Morgan fingerprint density at radius 1 is 1.17 bits per heavy atom. The highest BCUT2D eigenvalue weighted by Gasteiger charge is 2.35. The van der Waals surface area contributed by atoms with Crippen molar-refractivity contribution >= 4 is 11.8 Å². The van der Waals surface area contributed by atoms with Crippen molar-refractivity contribution in [3.05, 3.63) is 35.4 Å². The van der Waals surface area contributed by atoms with Crippen LogP contribution in [0.25, 0.3) is 0 Å². The molecule has 1 atom stereocenters. The first-order valence-electron chi connectivity index (χ1n) is 6.22. The fraction of sp³-hybridized carbons (Fsp3) is 0.429. The number of ether oxygens (including phenoxy) is 1. The number of benzene rings is 1. The molecule has 96 valence electrons. The van der Waals surface area contributed by atoms with Crippen LogP contribution in [0.5, 0.6) is 0 Å². The molecule has 0 fully saturated rings. The topological polar surface area (TPSA) is 46.6 Å². The third-order valence-electron chi connectivity index (χ3n) is 2.92. The highest BCUT2D eigenvalue weighted by molar-refractivity contribution is 6.21. The molecule has 0 unspecified atom stereocenters. The van der Waals surface area contributed by atoms with Crippen LogP contribution in [0.2, 0.25) is 0 Å². The van der Waals surface area contributed by atoms with E-state index < -0.39 is 0 Å². The molecule has 1 aromatic rings. The van der Waals surface area contributed by atoms with Gasteiger partial charge in [-0.15, -0.1) is 0 Å². The van der Waals surface area contributed by atoms with E-state index in [0.717, 1.165) is 6.42 Å². The molecule has 0 saturated heterocycles. The summed E-state index contributed by atoms with van der Waals surface area (Å²) in [5.74, 6) is -0.440. The Kier molecular flexibility index (Phi) is 3.77. The summed E-state index contributed by atoms with van der Waals surface area (Å²) in [6, 6.07) is 6.91. The molecule has 18 heavy (non-hydrogen) atoms. The van der Waals surface area contributed by atoms with Crippen molar-refractivity contribution in [1.82, 2.24) is 4.90 Å². The maximum Gasteiger partial charge on any atom is 0.261 e. The van der Waals surface area contributed by atoms with Gasteiger partial charge in [0.15, 0.2) is 0 Å². The third-order valence-corrected chi connectivity index (χ3v) is 2.92. The van der Waals surface area contributed by atoms with Crippen LogP contribution in [-0.4, -0.2) is 36.0 Å². The number of rotatable bonds is 5. The van der Waals surface area contributed by atoms with Gasteiger partial charge in [0.25, 0.3) is 11.8 Å². The first-order chi connectivity index (χ1) is 8.65. The average Bonchev–Trinajstić information content (AvgIpc) is 2.62. The molecule has 0 saturated carbocycles. The second-order valence-electron chi connectivity index (χ2n) is 4.45. The molecule has 1 aromatic carbocycles. The SMILES string of the molecule is CCCO[C@@H](C)CN1C(=O)c2ccccc2C1=O. The average molecular weight is 247 g/mol. The minimum atomic E-state index is -0.220. The van der Waals surface area contributed by atoms with Gasteiger partial charge in [-0.25, -0.2) is 0 Å². The van der Waals surface area contributed by atoms with E-state index in [1.165, 1.54) is 4.90 Å². The zero-order valence-corrected chi connectivity index (χ0v) is 10.7. The van der Waals surface area contributed by atoms with Gasteiger partial charge in [-0.2, -0.15) is 0 Å². The number of amides is 2. The van der Waals surface area contributed by atoms with Gasteiger partial charge in [0.05, 0.1) is 23.8 Å². The van der Waals surface area contributed by atoms with E-state index in [9.17, 15) is 9.59 Å². The quantitative estimate of drug-likeness (QED) is 0.748. The lowest BCUT2D eigenvalue weighted by molar-refractivity contribution is 0.0323. The minimum absolute atomic E-state index is 0.132. The van der Waals surface area contributed by atoms with Crippen molar-refractivity contribution in [2.75, 3.05) is 13.2 Å². The molecule has 4 nitrogen and oxygen atoms in total. The Labute approximate surface area is 107 Å². The van der Waals surface area contributed by atoms with Gasteiger partial charge in [-0.3, -0.25) is 14.5 Å². The second kappa shape index (κ2) is 5.31. The molecule has 1 aliphatic heterocycles. The van der Waals surface area contributed by atoms with Crippen molar-refractivity contribution in [3.63, 3.8) is 0 Å². The summed E-state index contributed by atoms with van der Waals surface area (Å²) in [5.41, 5.74) is 0.982. The number of nitrogens with zero attached hydrogens (tertiary/aromatic N) is 1. The maximum atomic E-state index is 12.1. The fourth-order valence-corrected chi connectivity index (χ4v) is 2.03. The van der Waals surface area contributed by atoms with Crippen LogP contribution >= 0.6 is 0 Å². The predicted molar refractivity (Wildman–Crippen MR) is 67.5 cm³/mol. The van der Waals surface area contributed by atoms with Gasteiger partial charge in [-0.1, -0.05) is 19.1 Å². The largest absolute Gasteiger partial charge is 0.377 e. The van der Waals surface area contributed by atoms with Gasteiger partial charge in [0, 0.05) is 6.61 Å². The Bertz CT molecular complexity index is 435. The smallest absolute Gasteiger partial charge is 0.261 e. The summed E-state index contributed by atoms with van der Waals surface area (Å²) in [7, 11) is 0. The molecule has 2 rings (SSSR count). The van der Waals surface area contributed by atoms with Crippen LogP contribution in [0.15, 0.2) is 24.3 Å². The monoisotopic (exact) mass is 247 g/mol. The molecule has 0 N–H and O–H groups in total. The second-order valence-corrected chi connectivity index (χ2v) is 4.45. The van der Waals surface area contributed by atoms with E-state index in [2.05, 4.69) is 0 Å².